The summed E-state index contributed by atoms with van der Waals surface area (Å²) < 4.78 is 0. The van der Waals surface area contributed by atoms with E-state index in [2.05, 4.69) is 48.3 Å². The molecule has 2 heteroatoms. The lowest BCUT2D eigenvalue weighted by Crippen LogP contribution is -2.33. The van der Waals surface area contributed by atoms with Crippen LogP contribution in [0.3, 0.4) is 0 Å². The molecule has 0 amide bonds. The van der Waals surface area contributed by atoms with Gasteiger partial charge in [-0.3, -0.25) is 0 Å². The third-order valence-corrected chi connectivity index (χ3v) is 4.25. The van der Waals surface area contributed by atoms with Crippen molar-refractivity contribution in [1.29, 1.82) is 0 Å². The van der Waals surface area contributed by atoms with Crippen LogP contribution in [0, 0.1) is 12.8 Å². The summed E-state index contributed by atoms with van der Waals surface area (Å²) in [6.07, 6.45) is 5.75. The van der Waals surface area contributed by atoms with E-state index < -0.39 is 0 Å². The predicted molar refractivity (Wildman–Crippen MR) is 83.9 cm³/mol. The first-order chi connectivity index (χ1) is 9.29. The van der Waals surface area contributed by atoms with Crippen LogP contribution in [0.4, 0.5) is 5.69 Å². The van der Waals surface area contributed by atoms with Crippen molar-refractivity contribution in [3.05, 3.63) is 29.8 Å². The van der Waals surface area contributed by atoms with E-state index in [1.54, 1.807) is 0 Å². The number of benzene rings is 1. The van der Waals surface area contributed by atoms with Crippen LogP contribution in [-0.2, 0) is 0 Å². The van der Waals surface area contributed by atoms with Crippen LogP contribution in [0.1, 0.15) is 38.2 Å². The minimum Gasteiger partial charge on any atom is -0.371 e. The van der Waals surface area contributed by atoms with Crippen LogP contribution >= 0.6 is 0 Å². The molecule has 1 aliphatic carbocycles. The molecular weight excluding hydrogens is 232 g/mol. The van der Waals surface area contributed by atoms with Crippen LogP contribution in [0.5, 0.6) is 0 Å². The summed E-state index contributed by atoms with van der Waals surface area (Å²) in [7, 11) is 0. The maximum absolute atomic E-state index is 3.63. The number of rotatable bonds is 7. The molecule has 2 rings (SSSR count). The van der Waals surface area contributed by atoms with Gasteiger partial charge in [0.05, 0.1) is 0 Å². The largest absolute Gasteiger partial charge is 0.371 e. The third kappa shape index (κ3) is 4.54. The second-order valence-electron chi connectivity index (χ2n) is 5.77. The van der Waals surface area contributed by atoms with Crippen molar-refractivity contribution >= 4 is 5.69 Å². The molecular formula is C17H28N2. The first-order valence-corrected chi connectivity index (χ1v) is 7.82. The molecule has 0 aliphatic heterocycles. The summed E-state index contributed by atoms with van der Waals surface area (Å²) in [4.78, 5) is 2.45. The highest BCUT2D eigenvalue weighted by molar-refractivity contribution is 5.47. The van der Waals surface area contributed by atoms with Crippen LogP contribution < -0.4 is 10.2 Å². The van der Waals surface area contributed by atoms with Crippen LogP contribution in [0.25, 0.3) is 0 Å². The minimum absolute atomic E-state index is 0.939. The lowest BCUT2D eigenvalue weighted by molar-refractivity contribution is 0.491. The van der Waals surface area contributed by atoms with Gasteiger partial charge in [-0.05, 0) is 51.3 Å². The van der Waals surface area contributed by atoms with Gasteiger partial charge in [-0.1, -0.05) is 30.5 Å². The van der Waals surface area contributed by atoms with Crippen molar-refractivity contribution in [2.75, 3.05) is 31.1 Å². The topological polar surface area (TPSA) is 15.3 Å². The Bertz CT molecular complexity index is 352. The lowest BCUT2D eigenvalue weighted by Gasteiger charge is -2.24. The number of hydrogen-bond donors (Lipinski definition) is 1. The van der Waals surface area contributed by atoms with Gasteiger partial charge in [0.15, 0.2) is 0 Å². The Morgan fingerprint density at radius 3 is 2.47 bits per heavy atom. The summed E-state index contributed by atoms with van der Waals surface area (Å²) in [5.74, 6) is 0.939. The van der Waals surface area contributed by atoms with Crippen molar-refractivity contribution in [3.63, 3.8) is 0 Å². The number of anilines is 1. The zero-order valence-corrected chi connectivity index (χ0v) is 12.5. The van der Waals surface area contributed by atoms with Gasteiger partial charge >= 0.3 is 0 Å². The van der Waals surface area contributed by atoms with Crippen LogP contribution in [-0.4, -0.2) is 26.2 Å². The highest BCUT2D eigenvalue weighted by Crippen LogP contribution is 2.23. The number of nitrogens with one attached hydrogen (secondary N) is 1. The van der Waals surface area contributed by atoms with Crippen LogP contribution in [0.15, 0.2) is 24.3 Å². The molecule has 1 aliphatic rings. The van der Waals surface area contributed by atoms with Crippen molar-refractivity contribution in [3.8, 4) is 0 Å². The summed E-state index contributed by atoms with van der Waals surface area (Å²) in [5, 5.41) is 3.63. The van der Waals surface area contributed by atoms with Crippen molar-refractivity contribution < 1.29 is 0 Å². The monoisotopic (exact) mass is 260 g/mol. The fraction of sp³-hybridized carbons (Fsp3) is 0.647. The number of aryl methyl sites for hydroxylation is 1. The summed E-state index contributed by atoms with van der Waals surface area (Å²) in [6, 6.07) is 8.86. The molecule has 1 aromatic rings. The molecule has 0 bridgehead atoms. The van der Waals surface area contributed by atoms with E-state index in [1.807, 2.05) is 0 Å². The summed E-state index contributed by atoms with van der Waals surface area (Å²) in [5.41, 5.74) is 2.68. The van der Waals surface area contributed by atoms with Gasteiger partial charge in [0.1, 0.15) is 0 Å². The van der Waals surface area contributed by atoms with Gasteiger partial charge in [0.25, 0.3) is 0 Å². The first-order valence-electron chi connectivity index (χ1n) is 7.82. The molecule has 1 saturated carbocycles. The molecule has 19 heavy (non-hydrogen) atoms. The molecule has 1 fully saturated rings. The molecule has 0 heterocycles. The normalized spacial score (nSPS) is 15.9. The van der Waals surface area contributed by atoms with Gasteiger partial charge in [-0.2, -0.15) is 0 Å². The molecule has 0 aromatic heterocycles. The molecule has 0 saturated heterocycles. The van der Waals surface area contributed by atoms with E-state index in [9.17, 15) is 0 Å². The minimum atomic E-state index is 0.939. The standard InChI is InChI=1S/C17H28N2/c1-3-19(17-10-8-15(2)9-11-17)13-12-18-14-16-6-4-5-7-16/h8-11,16,18H,3-7,12-14H2,1-2H3. The highest BCUT2D eigenvalue weighted by Gasteiger charge is 2.14. The van der Waals surface area contributed by atoms with Crippen LogP contribution in [0.2, 0.25) is 0 Å². The Morgan fingerprint density at radius 2 is 1.84 bits per heavy atom. The molecule has 0 atom stereocenters. The van der Waals surface area contributed by atoms with E-state index in [1.165, 1.54) is 43.5 Å². The number of nitrogens with zero attached hydrogens (tertiary/aromatic N) is 1. The quantitative estimate of drug-likeness (QED) is 0.754. The average Bonchev–Trinajstić information content (AvgIpc) is 2.93. The lowest BCUT2D eigenvalue weighted by atomic mass is 10.1. The predicted octanol–water partition coefficient (Wildman–Crippen LogP) is 3.60. The van der Waals surface area contributed by atoms with Gasteiger partial charge in [0, 0.05) is 25.3 Å². The highest BCUT2D eigenvalue weighted by atomic mass is 15.1. The van der Waals surface area contributed by atoms with E-state index in [0.29, 0.717) is 0 Å². The maximum atomic E-state index is 3.63. The van der Waals surface area contributed by atoms with E-state index in [0.717, 1.165) is 25.6 Å². The zero-order chi connectivity index (χ0) is 13.5. The Labute approximate surface area is 118 Å². The fourth-order valence-corrected chi connectivity index (χ4v) is 2.96. The molecule has 106 valence electrons. The van der Waals surface area contributed by atoms with E-state index in [4.69, 9.17) is 0 Å². The average molecular weight is 260 g/mol. The second kappa shape index (κ2) is 7.54. The van der Waals surface area contributed by atoms with Crippen molar-refractivity contribution in [2.24, 2.45) is 5.92 Å². The molecule has 1 N–H and O–H groups in total. The van der Waals surface area contributed by atoms with Crippen molar-refractivity contribution in [2.45, 2.75) is 39.5 Å². The molecule has 0 spiro atoms. The summed E-state index contributed by atoms with van der Waals surface area (Å²) in [6.45, 7) is 8.87. The third-order valence-electron chi connectivity index (χ3n) is 4.25. The van der Waals surface area contributed by atoms with Gasteiger partial charge < -0.3 is 10.2 Å². The molecule has 1 aromatic carbocycles. The van der Waals surface area contributed by atoms with Crippen molar-refractivity contribution in [1.82, 2.24) is 5.32 Å². The van der Waals surface area contributed by atoms with Gasteiger partial charge in [0.2, 0.25) is 0 Å². The SMILES string of the molecule is CCN(CCNCC1CCCC1)c1ccc(C)cc1. The Balaban J connectivity index is 1.71. The molecule has 0 radical (unpaired) electrons. The van der Waals surface area contributed by atoms with Gasteiger partial charge in [-0.25, -0.2) is 0 Å². The second-order valence-corrected chi connectivity index (χ2v) is 5.77. The number of likely N-dealkylation sites (N-methyl/N-ethyl adjacent to an activating group) is 1. The van der Waals surface area contributed by atoms with E-state index in [-0.39, 0.29) is 0 Å². The molecule has 2 nitrogen and oxygen atoms in total. The van der Waals surface area contributed by atoms with Gasteiger partial charge in [-0.15, -0.1) is 0 Å². The fourth-order valence-electron chi connectivity index (χ4n) is 2.96. The molecule has 0 unspecified atom stereocenters. The number of hydrogen-bond acceptors (Lipinski definition) is 2. The smallest absolute Gasteiger partial charge is 0.0366 e. The van der Waals surface area contributed by atoms with E-state index >= 15 is 0 Å². The Kier molecular flexibility index (Phi) is 5.71. The Morgan fingerprint density at radius 1 is 1.16 bits per heavy atom. The first kappa shape index (κ1) is 14.4. The Hall–Kier alpha value is -1.02. The zero-order valence-electron chi connectivity index (χ0n) is 12.5. The summed E-state index contributed by atoms with van der Waals surface area (Å²) >= 11 is 0. The maximum Gasteiger partial charge on any atom is 0.0366 e.